The smallest absolute Gasteiger partial charge is 0.335 e. The number of aliphatic carboxylic acids is 1. The molecule has 0 saturated heterocycles. The highest BCUT2D eigenvalue weighted by Crippen LogP contribution is 2.08. The van der Waals surface area contributed by atoms with Crippen LogP contribution in [0.2, 0.25) is 0 Å². The molecule has 0 aliphatic carbocycles. The van der Waals surface area contributed by atoms with E-state index in [1.54, 1.807) is 0 Å². The Morgan fingerprint density at radius 1 is 1.55 bits per heavy atom. The lowest BCUT2D eigenvalue weighted by molar-refractivity contribution is -0.157. The van der Waals surface area contributed by atoms with Crippen LogP contribution in [0.25, 0.3) is 0 Å². The fourth-order valence-corrected chi connectivity index (χ4v) is 0.548. The molecule has 11 heavy (non-hydrogen) atoms. The third-order valence-electron chi connectivity index (χ3n) is 1.51. The van der Waals surface area contributed by atoms with Crippen molar-refractivity contribution in [3.05, 3.63) is 0 Å². The van der Waals surface area contributed by atoms with Crippen molar-refractivity contribution in [1.82, 2.24) is 4.90 Å². The lowest BCUT2D eigenvalue weighted by atomic mass is 10.0. The molecule has 1 atom stereocenters. The maximum Gasteiger partial charge on any atom is 0.335 e. The summed E-state index contributed by atoms with van der Waals surface area (Å²) in [5, 5.41) is 17.7. The van der Waals surface area contributed by atoms with E-state index in [0.717, 1.165) is 0 Å². The van der Waals surface area contributed by atoms with Crippen molar-refractivity contribution in [2.75, 3.05) is 20.6 Å². The van der Waals surface area contributed by atoms with Gasteiger partial charge in [0, 0.05) is 6.54 Å². The summed E-state index contributed by atoms with van der Waals surface area (Å²) in [5.41, 5.74) is -1.59. The fraction of sp³-hybridized carbons (Fsp3) is 0.857. The van der Waals surface area contributed by atoms with E-state index >= 15 is 0 Å². The number of hydrogen-bond donors (Lipinski definition) is 2. The highest BCUT2D eigenvalue weighted by Gasteiger charge is 2.29. The van der Waals surface area contributed by atoms with E-state index < -0.39 is 11.6 Å². The summed E-state index contributed by atoms with van der Waals surface area (Å²) in [6.07, 6.45) is 0.245. The number of carbonyl (C=O) groups is 1. The van der Waals surface area contributed by atoms with Gasteiger partial charge in [-0.3, -0.25) is 0 Å². The third-order valence-corrected chi connectivity index (χ3v) is 1.51. The lowest BCUT2D eigenvalue weighted by Crippen LogP contribution is -2.37. The summed E-state index contributed by atoms with van der Waals surface area (Å²) >= 11 is 0. The predicted molar refractivity (Wildman–Crippen MR) is 41.4 cm³/mol. The third kappa shape index (κ3) is 3.95. The summed E-state index contributed by atoms with van der Waals surface area (Å²) in [6.45, 7) is 1.87. The van der Waals surface area contributed by atoms with E-state index in [1.807, 2.05) is 19.0 Å². The molecule has 0 rings (SSSR count). The van der Waals surface area contributed by atoms with Crippen LogP contribution >= 0.6 is 0 Å². The van der Waals surface area contributed by atoms with Gasteiger partial charge in [-0.25, -0.2) is 4.79 Å². The molecule has 0 aromatic carbocycles. The van der Waals surface area contributed by atoms with Crippen molar-refractivity contribution >= 4 is 5.97 Å². The molecule has 2 N–H and O–H groups in total. The largest absolute Gasteiger partial charge is 0.479 e. The molecule has 0 aliphatic rings. The van der Waals surface area contributed by atoms with Gasteiger partial charge in [-0.15, -0.1) is 0 Å². The Balaban J connectivity index is 3.83. The zero-order chi connectivity index (χ0) is 9.07. The number of nitrogens with zero attached hydrogens (tertiary/aromatic N) is 1. The summed E-state index contributed by atoms with van der Waals surface area (Å²) in [7, 11) is 3.66. The first-order valence-electron chi connectivity index (χ1n) is 3.47. The molecule has 0 spiro atoms. The fourth-order valence-electron chi connectivity index (χ4n) is 0.548. The number of rotatable bonds is 4. The van der Waals surface area contributed by atoms with Gasteiger partial charge in [-0.1, -0.05) is 0 Å². The van der Waals surface area contributed by atoms with E-state index in [2.05, 4.69) is 0 Å². The number of aliphatic hydroxyl groups is 1. The first-order valence-corrected chi connectivity index (χ1v) is 3.47. The van der Waals surface area contributed by atoms with Crippen LogP contribution in [0.15, 0.2) is 0 Å². The van der Waals surface area contributed by atoms with Gasteiger partial charge in [0.05, 0.1) is 0 Å². The van der Waals surface area contributed by atoms with Gasteiger partial charge in [0.25, 0.3) is 0 Å². The van der Waals surface area contributed by atoms with Gasteiger partial charge < -0.3 is 15.1 Å². The standard InChI is InChI=1S/C7H15NO3/c1-7(11,6(9)10)4-5-8(2)3/h11H,4-5H2,1-3H3,(H,9,10). The van der Waals surface area contributed by atoms with Crippen LogP contribution in [-0.4, -0.2) is 47.3 Å². The van der Waals surface area contributed by atoms with E-state index in [0.29, 0.717) is 6.54 Å². The Labute approximate surface area is 66.4 Å². The number of hydrogen-bond acceptors (Lipinski definition) is 3. The summed E-state index contributed by atoms with van der Waals surface area (Å²) < 4.78 is 0. The number of carboxylic acid groups (broad SMARTS) is 1. The van der Waals surface area contributed by atoms with Crippen LogP contribution in [-0.2, 0) is 4.79 Å². The van der Waals surface area contributed by atoms with Gasteiger partial charge in [-0.05, 0) is 27.4 Å². The average Bonchev–Trinajstić information content (AvgIpc) is 1.84. The molecule has 0 aromatic heterocycles. The zero-order valence-corrected chi connectivity index (χ0v) is 7.16. The van der Waals surface area contributed by atoms with E-state index in [-0.39, 0.29) is 6.42 Å². The molecular formula is C7H15NO3. The van der Waals surface area contributed by atoms with Crippen LogP contribution in [0.4, 0.5) is 0 Å². The summed E-state index contributed by atoms with van der Waals surface area (Å²) in [5.74, 6) is -1.17. The summed E-state index contributed by atoms with van der Waals surface area (Å²) in [4.78, 5) is 12.2. The van der Waals surface area contributed by atoms with Crippen LogP contribution in [0.1, 0.15) is 13.3 Å². The van der Waals surface area contributed by atoms with Crippen molar-refractivity contribution in [2.45, 2.75) is 18.9 Å². The van der Waals surface area contributed by atoms with Crippen molar-refractivity contribution in [3.63, 3.8) is 0 Å². The zero-order valence-electron chi connectivity index (χ0n) is 7.16. The van der Waals surface area contributed by atoms with Crippen LogP contribution < -0.4 is 0 Å². The minimum atomic E-state index is -1.59. The molecule has 0 fully saturated rings. The highest BCUT2D eigenvalue weighted by molar-refractivity contribution is 5.76. The monoisotopic (exact) mass is 161 g/mol. The Kier molecular flexibility index (Phi) is 3.48. The molecule has 4 heteroatoms. The van der Waals surface area contributed by atoms with E-state index in [4.69, 9.17) is 5.11 Å². The van der Waals surface area contributed by atoms with E-state index in [1.165, 1.54) is 6.92 Å². The first-order chi connectivity index (χ1) is 4.86. The Morgan fingerprint density at radius 3 is 2.27 bits per heavy atom. The SMILES string of the molecule is CN(C)CCC(C)(O)C(=O)O. The lowest BCUT2D eigenvalue weighted by Gasteiger charge is -2.19. The van der Waals surface area contributed by atoms with Gasteiger partial charge >= 0.3 is 5.97 Å². The first kappa shape index (κ1) is 10.4. The molecule has 0 bridgehead atoms. The molecule has 66 valence electrons. The van der Waals surface area contributed by atoms with Crippen LogP contribution in [0, 0.1) is 0 Å². The Morgan fingerprint density at radius 2 is 2.00 bits per heavy atom. The van der Waals surface area contributed by atoms with Crippen LogP contribution in [0.5, 0.6) is 0 Å². The molecule has 0 radical (unpaired) electrons. The topological polar surface area (TPSA) is 60.8 Å². The molecule has 1 unspecified atom stereocenters. The second kappa shape index (κ2) is 3.69. The van der Waals surface area contributed by atoms with Crippen molar-refractivity contribution < 1.29 is 15.0 Å². The molecule has 0 amide bonds. The molecule has 0 saturated carbocycles. The van der Waals surface area contributed by atoms with Gasteiger partial charge in [0.2, 0.25) is 0 Å². The minimum Gasteiger partial charge on any atom is -0.479 e. The maximum absolute atomic E-state index is 10.4. The quantitative estimate of drug-likeness (QED) is 0.598. The second-order valence-corrected chi connectivity index (χ2v) is 3.13. The normalized spacial score (nSPS) is 16.5. The van der Waals surface area contributed by atoms with Gasteiger partial charge in [0.1, 0.15) is 0 Å². The predicted octanol–water partition coefficient (Wildman–Crippen LogP) is -0.226. The van der Waals surface area contributed by atoms with E-state index in [9.17, 15) is 9.90 Å². The number of carboxylic acids is 1. The maximum atomic E-state index is 10.4. The van der Waals surface area contributed by atoms with Crippen molar-refractivity contribution in [2.24, 2.45) is 0 Å². The van der Waals surface area contributed by atoms with Crippen LogP contribution in [0.3, 0.4) is 0 Å². The Hall–Kier alpha value is -0.610. The minimum absolute atomic E-state index is 0.245. The summed E-state index contributed by atoms with van der Waals surface area (Å²) in [6, 6.07) is 0. The van der Waals surface area contributed by atoms with Crippen molar-refractivity contribution in [1.29, 1.82) is 0 Å². The van der Waals surface area contributed by atoms with Crippen molar-refractivity contribution in [3.8, 4) is 0 Å². The highest BCUT2D eigenvalue weighted by atomic mass is 16.4. The van der Waals surface area contributed by atoms with Gasteiger partial charge in [0.15, 0.2) is 5.60 Å². The average molecular weight is 161 g/mol. The molecule has 0 heterocycles. The molecular weight excluding hydrogens is 146 g/mol. The molecule has 4 nitrogen and oxygen atoms in total. The molecule has 0 aromatic rings. The molecule has 0 aliphatic heterocycles. The second-order valence-electron chi connectivity index (χ2n) is 3.13. The van der Waals surface area contributed by atoms with Gasteiger partial charge in [-0.2, -0.15) is 0 Å². The Bertz CT molecular complexity index is 143.